The second-order valence-corrected chi connectivity index (χ2v) is 18.9. The molecule has 0 saturated heterocycles. The van der Waals surface area contributed by atoms with Crippen molar-refractivity contribution in [1.82, 2.24) is 0 Å². The lowest BCUT2D eigenvalue weighted by atomic mass is 9.69. The number of hydrogen-bond acceptors (Lipinski definition) is 2. The van der Waals surface area contributed by atoms with E-state index < -0.39 is 10.8 Å². The molecule has 0 unspecified atom stereocenters. The maximum Gasteiger partial charge on any atom is 0.193 e. The van der Waals surface area contributed by atoms with Crippen molar-refractivity contribution in [2.24, 2.45) is 15.0 Å². The first-order valence-corrected chi connectivity index (χ1v) is 24.3. The Labute approximate surface area is 412 Å². The SMILES string of the molecule is C=N/C(=N\C(=N/Cc1ccc2c(c1)C1(c3ccccc3-c3ccccc31)c1cc(C(=O)c3ccc4c(c3)C3(c5ccccc5-c5ccccc53)c3ccccc3-4)ccc1-2)c1ccccc1)c1ccccc1. The molecular weight excluding hydrogens is 863 g/mol. The maximum atomic E-state index is 15.5. The Morgan fingerprint density at radius 1 is 0.338 bits per heavy atom. The molecule has 0 atom stereocenters. The minimum absolute atomic E-state index is 0.000134. The zero-order chi connectivity index (χ0) is 47.3. The maximum absolute atomic E-state index is 15.5. The predicted molar refractivity (Wildman–Crippen MR) is 288 cm³/mol. The van der Waals surface area contributed by atoms with Crippen molar-refractivity contribution in [3.05, 3.63) is 309 Å². The minimum atomic E-state index is -0.678. The molecule has 0 saturated carbocycles. The van der Waals surface area contributed by atoms with Gasteiger partial charge in [0.15, 0.2) is 17.5 Å². The van der Waals surface area contributed by atoms with Crippen LogP contribution in [0.5, 0.6) is 0 Å². The van der Waals surface area contributed by atoms with Crippen LogP contribution in [0.1, 0.15) is 77.1 Å². The van der Waals surface area contributed by atoms with E-state index in [1.807, 2.05) is 72.8 Å². The highest BCUT2D eigenvalue weighted by Gasteiger charge is 2.53. The predicted octanol–water partition coefficient (Wildman–Crippen LogP) is 14.7. The summed E-state index contributed by atoms with van der Waals surface area (Å²) >= 11 is 0. The van der Waals surface area contributed by atoms with Crippen LogP contribution in [0.2, 0.25) is 0 Å². The quantitative estimate of drug-likeness (QED) is 0.0932. The average Bonchev–Trinajstić information content (AvgIpc) is 4.12. The van der Waals surface area contributed by atoms with E-state index in [9.17, 15) is 0 Å². The average molecular weight is 906 g/mol. The van der Waals surface area contributed by atoms with Gasteiger partial charge in [-0.05, 0) is 113 Å². The van der Waals surface area contributed by atoms with E-state index in [2.05, 4.69) is 176 Å². The molecule has 10 aromatic carbocycles. The Hall–Kier alpha value is -9.12. The van der Waals surface area contributed by atoms with Crippen molar-refractivity contribution in [2.75, 3.05) is 0 Å². The molecule has 0 N–H and O–H groups in total. The van der Waals surface area contributed by atoms with E-state index in [1.165, 1.54) is 66.8 Å². The number of amidine groups is 2. The van der Waals surface area contributed by atoms with Crippen LogP contribution >= 0.6 is 0 Å². The molecule has 14 rings (SSSR count). The highest BCUT2D eigenvalue weighted by atomic mass is 16.1. The van der Waals surface area contributed by atoms with E-state index in [1.54, 1.807) is 0 Å². The van der Waals surface area contributed by atoms with Crippen LogP contribution < -0.4 is 0 Å². The van der Waals surface area contributed by atoms with E-state index in [-0.39, 0.29) is 5.78 Å². The van der Waals surface area contributed by atoms with Crippen LogP contribution in [0, 0.1) is 0 Å². The summed E-state index contributed by atoms with van der Waals surface area (Å²) in [5, 5.41) is 0. The summed E-state index contributed by atoms with van der Waals surface area (Å²) in [6, 6.07) is 83.5. The Bertz CT molecular complexity index is 3850. The molecule has 0 aromatic heterocycles. The number of aliphatic imine (C=N–C) groups is 3. The fourth-order valence-corrected chi connectivity index (χ4v) is 12.7. The summed E-state index contributed by atoms with van der Waals surface area (Å²) in [6.45, 7) is 4.25. The third kappa shape index (κ3) is 5.73. The number of rotatable bonds is 6. The molecule has 0 amide bonds. The standard InChI is InChI=1S/C67H43N3O/c1-68-64(43-18-4-2-5-19-43)70-65(44-20-6-3-7-21-44)69-41-42-32-35-52-54-37-34-46(40-62(54)67(60(52)38-42)58-30-16-10-24-49(58)50-25-11-17-31-59(50)67)63(71)45-33-36-53-51-26-12-15-29-57(51)66(61(53)39-45)55-27-13-8-22-47(55)48-23-9-14-28-56(48)66/h2-40H,1,41H2/b69-65-,70-64-. The smallest absolute Gasteiger partial charge is 0.193 e. The lowest BCUT2D eigenvalue weighted by molar-refractivity contribution is 0.103. The number of ketones is 1. The van der Waals surface area contributed by atoms with Crippen LogP contribution in [0.3, 0.4) is 0 Å². The molecule has 4 aliphatic rings. The number of carbonyl (C=O) groups is 1. The third-order valence-electron chi connectivity index (χ3n) is 15.5. The highest BCUT2D eigenvalue weighted by Crippen LogP contribution is 2.64. The lowest BCUT2D eigenvalue weighted by Gasteiger charge is -2.31. The van der Waals surface area contributed by atoms with E-state index in [0.717, 1.165) is 38.9 Å². The van der Waals surface area contributed by atoms with E-state index >= 15 is 4.79 Å². The molecular formula is C67H43N3O. The highest BCUT2D eigenvalue weighted by molar-refractivity contribution is 6.13. The molecule has 4 heteroatoms. The van der Waals surface area contributed by atoms with Gasteiger partial charge in [0.05, 0.1) is 17.4 Å². The first kappa shape index (κ1) is 40.9. The largest absolute Gasteiger partial charge is 0.289 e. The van der Waals surface area contributed by atoms with Crippen LogP contribution in [0.4, 0.5) is 0 Å². The molecule has 0 fully saturated rings. The van der Waals surface area contributed by atoms with E-state index in [0.29, 0.717) is 29.3 Å². The van der Waals surface area contributed by atoms with Gasteiger partial charge in [0.25, 0.3) is 0 Å². The Morgan fingerprint density at radius 2 is 0.676 bits per heavy atom. The van der Waals surface area contributed by atoms with Crippen molar-refractivity contribution in [1.29, 1.82) is 0 Å². The van der Waals surface area contributed by atoms with Crippen molar-refractivity contribution >= 4 is 24.2 Å². The van der Waals surface area contributed by atoms with Gasteiger partial charge in [-0.2, -0.15) is 0 Å². The van der Waals surface area contributed by atoms with Crippen LogP contribution in [-0.2, 0) is 17.4 Å². The summed E-state index contributed by atoms with van der Waals surface area (Å²) in [6.07, 6.45) is 0. The van der Waals surface area contributed by atoms with Gasteiger partial charge in [-0.3, -0.25) is 9.79 Å². The van der Waals surface area contributed by atoms with Gasteiger partial charge in [-0.25, -0.2) is 9.98 Å². The molecule has 71 heavy (non-hydrogen) atoms. The van der Waals surface area contributed by atoms with Crippen molar-refractivity contribution in [2.45, 2.75) is 17.4 Å². The molecule has 0 heterocycles. The van der Waals surface area contributed by atoms with Crippen LogP contribution in [0.15, 0.2) is 252 Å². The summed E-state index contributed by atoms with van der Waals surface area (Å²) in [4.78, 5) is 30.0. The van der Waals surface area contributed by atoms with Gasteiger partial charge in [0.2, 0.25) is 0 Å². The number of fused-ring (bicyclic) bond motifs is 20. The van der Waals surface area contributed by atoms with Gasteiger partial charge >= 0.3 is 0 Å². The molecule has 10 aromatic rings. The topological polar surface area (TPSA) is 54.1 Å². The van der Waals surface area contributed by atoms with Crippen molar-refractivity contribution in [3.8, 4) is 44.5 Å². The first-order valence-electron chi connectivity index (χ1n) is 24.3. The van der Waals surface area contributed by atoms with Crippen molar-refractivity contribution in [3.63, 3.8) is 0 Å². The second kappa shape index (κ2) is 15.7. The Morgan fingerprint density at radius 3 is 1.10 bits per heavy atom. The van der Waals surface area contributed by atoms with Crippen LogP contribution in [-0.4, -0.2) is 24.2 Å². The zero-order valence-electron chi connectivity index (χ0n) is 38.7. The van der Waals surface area contributed by atoms with Crippen molar-refractivity contribution < 1.29 is 4.79 Å². The molecule has 2 spiro atoms. The monoisotopic (exact) mass is 905 g/mol. The minimum Gasteiger partial charge on any atom is -0.289 e. The molecule has 332 valence electrons. The van der Waals surface area contributed by atoms with E-state index in [4.69, 9.17) is 9.98 Å². The fourth-order valence-electron chi connectivity index (χ4n) is 12.7. The third-order valence-corrected chi connectivity index (χ3v) is 15.5. The Balaban J connectivity index is 0.915. The van der Waals surface area contributed by atoms with Gasteiger partial charge in [0, 0.05) is 22.3 Å². The summed E-state index contributed by atoms with van der Waals surface area (Å²) < 4.78 is 0. The number of hydrogen-bond donors (Lipinski definition) is 0. The zero-order valence-corrected chi connectivity index (χ0v) is 38.7. The second-order valence-electron chi connectivity index (χ2n) is 18.9. The molecule has 0 aliphatic heterocycles. The number of nitrogens with zero attached hydrogens (tertiary/aromatic N) is 3. The first-order chi connectivity index (χ1) is 35.1. The molecule has 4 aliphatic carbocycles. The summed E-state index contributed by atoms with van der Waals surface area (Å²) in [7, 11) is 0. The molecule has 0 radical (unpaired) electrons. The molecule has 0 bridgehead atoms. The van der Waals surface area contributed by atoms with Gasteiger partial charge in [0.1, 0.15) is 0 Å². The van der Waals surface area contributed by atoms with Crippen LogP contribution in [0.25, 0.3) is 44.5 Å². The van der Waals surface area contributed by atoms with Gasteiger partial charge < -0.3 is 0 Å². The summed E-state index contributed by atoms with van der Waals surface area (Å²) in [5.74, 6) is 1.09. The number of benzene rings is 10. The summed E-state index contributed by atoms with van der Waals surface area (Å²) in [5.41, 5.74) is 22.1. The normalized spacial score (nSPS) is 14.5. The molecule has 4 nitrogen and oxygen atoms in total. The number of carbonyl (C=O) groups excluding carboxylic acids is 1. The van der Waals surface area contributed by atoms with Gasteiger partial charge in [-0.1, -0.05) is 224 Å². The fraction of sp³-hybridized carbons (Fsp3) is 0.0448. The lowest BCUT2D eigenvalue weighted by Crippen LogP contribution is -2.26. The van der Waals surface area contributed by atoms with Gasteiger partial charge in [-0.15, -0.1) is 0 Å². The Kier molecular flexibility index (Phi) is 9.05.